The third kappa shape index (κ3) is 8.45. The van der Waals surface area contributed by atoms with Gasteiger partial charge in [-0.1, -0.05) is 12.7 Å². The smallest absolute Gasteiger partial charge is 0.220 e. The van der Waals surface area contributed by atoms with Crippen LogP contribution in [0.3, 0.4) is 0 Å². The second kappa shape index (κ2) is 11.4. The first-order valence-electron chi connectivity index (χ1n) is 8.10. The van der Waals surface area contributed by atoms with Gasteiger partial charge >= 0.3 is 0 Å². The second-order valence-electron chi connectivity index (χ2n) is 5.62. The quantitative estimate of drug-likeness (QED) is 0.333. The maximum Gasteiger partial charge on any atom is 0.220 e. The fourth-order valence-corrected chi connectivity index (χ4v) is 2.16. The molecule has 1 amide bonds. The van der Waals surface area contributed by atoms with Crippen molar-refractivity contribution in [3.8, 4) is 0 Å². The van der Waals surface area contributed by atoms with E-state index in [9.17, 15) is 14.4 Å². The summed E-state index contributed by atoms with van der Waals surface area (Å²) in [5, 5.41) is 18.1. The van der Waals surface area contributed by atoms with Crippen LogP contribution in [0.25, 0.3) is 0 Å². The minimum atomic E-state index is -0.107. The second-order valence-corrected chi connectivity index (χ2v) is 5.62. The zero-order valence-electron chi connectivity index (χ0n) is 14.2. The molecule has 1 atom stereocenters. The minimum Gasteiger partial charge on any atom is -0.356 e. The summed E-state index contributed by atoms with van der Waals surface area (Å²) in [6.07, 6.45) is 4.25. The largest absolute Gasteiger partial charge is 0.356 e. The van der Waals surface area contributed by atoms with Crippen molar-refractivity contribution in [2.75, 3.05) is 6.54 Å². The summed E-state index contributed by atoms with van der Waals surface area (Å²) in [6.45, 7) is 3.80. The molecule has 0 aliphatic rings. The maximum absolute atomic E-state index is 11.7. The van der Waals surface area contributed by atoms with Crippen LogP contribution in [0.2, 0.25) is 6.32 Å². The summed E-state index contributed by atoms with van der Waals surface area (Å²) >= 11 is 0. The van der Waals surface area contributed by atoms with Crippen LogP contribution in [0.4, 0.5) is 0 Å². The van der Waals surface area contributed by atoms with E-state index in [2.05, 4.69) is 25.7 Å². The highest BCUT2D eigenvalue weighted by atomic mass is 16.1. The molecule has 1 heterocycles. The number of carbonyl (C=O) groups is 3. The third-order valence-electron chi connectivity index (χ3n) is 3.59. The molecule has 0 saturated carbocycles. The number of hydrogen-bond acceptors (Lipinski definition) is 7. The summed E-state index contributed by atoms with van der Waals surface area (Å²) in [4.78, 5) is 33.5. The molecule has 1 unspecified atom stereocenters. The first-order valence-corrected chi connectivity index (χ1v) is 8.10. The third-order valence-corrected chi connectivity index (χ3v) is 3.59. The van der Waals surface area contributed by atoms with Crippen molar-refractivity contribution in [3.05, 3.63) is 11.6 Å². The zero-order valence-corrected chi connectivity index (χ0v) is 14.2. The fourth-order valence-electron chi connectivity index (χ4n) is 2.16. The summed E-state index contributed by atoms with van der Waals surface area (Å²) in [7, 11) is 1.48. The Kier molecular flexibility index (Phi) is 9.41. The highest BCUT2D eigenvalue weighted by molar-refractivity contribution is 6.66. The zero-order chi connectivity index (χ0) is 17.8. The van der Waals surface area contributed by atoms with E-state index in [1.54, 1.807) is 13.8 Å². The van der Waals surface area contributed by atoms with Gasteiger partial charge in [-0.2, -0.15) is 0 Å². The lowest BCUT2D eigenvalue weighted by atomic mass is 9.69. The van der Waals surface area contributed by atoms with Crippen molar-refractivity contribution in [2.45, 2.75) is 52.3 Å². The molecule has 0 saturated heterocycles. The van der Waals surface area contributed by atoms with Crippen molar-refractivity contribution < 1.29 is 14.4 Å². The molecule has 9 heteroatoms. The van der Waals surface area contributed by atoms with E-state index >= 15 is 0 Å². The molecule has 1 aromatic rings. The molecule has 129 valence electrons. The lowest BCUT2D eigenvalue weighted by Crippen LogP contribution is -2.25. The molecule has 1 aromatic heterocycles. The Morgan fingerprint density at radius 2 is 1.92 bits per heavy atom. The van der Waals surface area contributed by atoms with Crippen LogP contribution >= 0.6 is 0 Å². The average molecular weight is 332 g/mol. The molecule has 24 heavy (non-hydrogen) atoms. The van der Waals surface area contributed by atoms with Crippen LogP contribution in [-0.4, -0.2) is 52.1 Å². The number of unbranched alkanes of at least 4 members (excludes halogenated alkanes) is 1. The molecule has 1 N–H and O–H groups in total. The van der Waals surface area contributed by atoms with Gasteiger partial charge in [-0.3, -0.25) is 9.59 Å². The molecule has 0 aliphatic carbocycles. The molecule has 0 spiro atoms. The predicted octanol–water partition coefficient (Wildman–Crippen LogP) is 0.312. The number of aryl methyl sites for hydroxylation is 2. The van der Waals surface area contributed by atoms with Crippen LogP contribution in [0.1, 0.15) is 44.3 Å². The number of nitrogens with one attached hydrogen (secondary N) is 1. The first-order chi connectivity index (χ1) is 11.5. The number of nitrogens with zero attached hydrogens (tertiary/aromatic N) is 4. The summed E-state index contributed by atoms with van der Waals surface area (Å²) in [5.41, 5.74) is 0. The van der Waals surface area contributed by atoms with E-state index in [0.717, 1.165) is 25.4 Å². The Balaban J connectivity index is 2.13. The van der Waals surface area contributed by atoms with Gasteiger partial charge in [-0.05, 0) is 26.7 Å². The number of amides is 1. The number of ketones is 1. The molecule has 0 fully saturated rings. The molecule has 1 rings (SSSR count). The van der Waals surface area contributed by atoms with Crippen LogP contribution in [-0.2, 0) is 20.8 Å². The number of aromatic nitrogens is 4. The van der Waals surface area contributed by atoms with E-state index < -0.39 is 0 Å². The van der Waals surface area contributed by atoms with Gasteiger partial charge in [0.15, 0.2) is 18.9 Å². The van der Waals surface area contributed by atoms with Crippen LogP contribution in [0.5, 0.6) is 0 Å². The van der Waals surface area contributed by atoms with Gasteiger partial charge in [-0.25, -0.2) is 0 Å². The Hall–Kier alpha value is -2.19. The Morgan fingerprint density at radius 1 is 1.21 bits per heavy atom. The lowest BCUT2D eigenvalue weighted by molar-refractivity contribution is -0.121. The Morgan fingerprint density at radius 3 is 2.54 bits per heavy atom. The van der Waals surface area contributed by atoms with E-state index in [1.165, 1.54) is 7.28 Å². The molecule has 0 bridgehead atoms. The van der Waals surface area contributed by atoms with Crippen molar-refractivity contribution in [1.82, 2.24) is 25.7 Å². The standard InChI is InChI=1S/C15H23BN5O3/c1-11(23)13(9-16-10-22)5-3-4-8-17-15(24)7-6-14-20-18-12(2)19-21-14/h10,13H,3-9H2,1-2H3,(H,17,24). The monoisotopic (exact) mass is 332 g/mol. The Bertz CT molecular complexity index is 538. The molecule has 1 radical (unpaired) electrons. The predicted molar refractivity (Wildman–Crippen MR) is 89.0 cm³/mol. The van der Waals surface area contributed by atoms with Crippen LogP contribution < -0.4 is 5.32 Å². The average Bonchev–Trinajstić information content (AvgIpc) is 2.56. The van der Waals surface area contributed by atoms with E-state index in [4.69, 9.17) is 0 Å². The lowest BCUT2D eigenvalue weighted by Gasteiger charge is -2.11. The van der Waals surface area contributed by atoms with E-state index in [-0.39, 0.29) is 24.0 Å². The molecular formula is C15H23BN5O3. The van der Waals surface area contributed by atoms with Gasteiger partial charge in [-0.15, -0.1) is 20.4 Å². The summed E-state index contributed by atoms with van der Waals surface area (Å²) in [6, 6.07) is 0. The fraction of sp³-hybridized carbons (Fsp3) is 0.667. The number of carbonyl (C=O) groups excluding carboxylic acids is 3. The van der Waals surface area contributed by atoms with Gasteiger partial charge in [0.05, 0.1) is 6.19 Å². The van der Waals surface area contributed by atoms with E-state index in [0.29, 0.717) is 30.9 Å². The van der Waals surface area contributed by atoms with Crippen LogP contribution in [0.15, 0.2) is 0 Å². The SMILES string of the molecule is CC(=O)C(C[B]C=O)CCCCNC(=O)CCc1nnc(C)nn1. The van der Waals surface area contributed by atoms with Crippen molar-refractivity contribution >= 4 is 25.2 Å². The topological polar surface area (TPSA) is 115 Å². The van der Waals surface area contributed by atoms with Crippen LogP contribution in [0, 0.1) is 12.8 Å². The molecule has 0 aromatic carbocycles. The van der Waals surface area contributed by atoms with Gasteiger partial charge in [0.25, 0.3) is 0 Å². The van der Waals surface area contributed by atoms with Crippen molar-refractivity contribution in [3.63, 3.8) is 0 Å². The normalized spacial score (nSPS) is 11.6. The van der Waals surface area contributed by atoms with Gasteiger partial charge in [0.2, 0.25) is 5.91 Å². The highest BCUT2D eigenvalue weighted by Crippen LogP contribution is 2.13. The number of hydrogen-bond donors (Lipinski definition) is 1. The van der Waals surface area contributed by atoms with E-state index in [1.807, 2.05) is 0 Å². The minimum absolute atomic E-state index is 0.0726. The highest BCUT2D eigenvalue weighted by Gasteiger charge is 2.13. The molecular weight excluding hydrogens is 309 g/mol. The maximum atomic E-state index is 11.7. The van der Waals surface area contributed by atoms with Gasteiger partial charge in [0, 0.05) is 25.3 Å². The molecule has 8 nitrogen and oxygen atoms in total. The van der Waals surface area contributed by atoms with Crippen molar-refractivity contribution in [2.24, 2.45) is 5.92 Å². The number of Topliss-reactive ketones (excluding diaryl/α,β-unsaturated/α-hetero) is 1. The number of rotatable bonds is 12. The summed E-state index contributed by atoms with van der Waals surface area (Å²) < 4.78 is 0. The van der Waals surface area contributed by atoms with Gasteiger partial charge in [0.1, 0.15) is 5.78 Å². The summed E-state index contributed by atoms with van der Waals surface area (Å²) in [5.74, 6) is 0.864. The molecule has 0 aliphatic heterocycles. The Labute approximate surface area is 142 Å². The van der Waals surface area contributed by atoms with Gasteiger partial charge < -0.3 is 10.1 Å². The van der Waals surface area contributed by atoms with Crippen molar-refractivity contribution in [1.29, 1.82) is 0 Å². The first kappa shape index (κ1) is 19.9.